The lowest BCUT2D eigenvalue weighted by Crippen LogP contribution is -2.36. The number of ether oxygens (including phenoxy) is 1. The van der Waals surface area contributed by atoms with Gasteiger partial charge in [-0.05, 0) is 66.8 Å². The van der Waals surface area contributed by atoms with E-state index < -0.39 is 10.0 Å². The minimum atomic E-state index is -3.51. The highest BCUT2D eigenvalue weighted by Gasteiger charge is 2.21. The third-order valence-electron chi connectivity index (χ3n) is 6.19. The third kappa shape index (κ3) is 7.67. The lowest BCUT2D eigenvalue weighted by atomic mass is 9.96. The van der Waals surface area contributed by atoms with E-state index >= 15 is 0 Å². The van der Waals surface area contributed by atoms with Crippen molar-refractivity contribution in [2.24, 2.45) is 0 Å². The molecule has 0 saturated heterocycles. The molecule has 4 rings (SSSR count). The van der Waals surface area contributed by atoms with E-state index in [1.807, 2.05) is 54.6 Å². The monoisotopic (exact) mass is 492 g/mol. The van der Waals surface area contributed by atoms with Crippen LogP contribution in [-0.4, -0.2) is 20.4 Å². The third-order valence-corrected chi connectivity index (χ3v) is 7.72. The molecule has 1 saturated carbocycles. The van der Waals surface area contributed by atoms with Crippen molar-refractivity contribution in [1.82, 2.24) is 4.72 Å². The zero-order chi connectivity index (χ0) is 24.5. The van der Waals surface area contributed by atoms with Crippen molar-refractivity contribution < 1.29 is 17.9 Å². The Balaban J connectivity index is 1.22. The average molecular weight is 493 g/mol. The first-order valence-corrected chi connectivity index (χ1v) is 13.6. The Morgan fingerprint density at radius 1 is 0.829 bits per heavy atom. The summed E-state index contributed by atoms with van der Waals surface area (Å²) in [6.45, 7) is 0.489. The normalized spacial score (nSPS) is 14.4. The van der Waals surface area contributed by atoms with E-state index in [0.717, 1.165) is 42.6 Å². The second-order valence-electron chi connectivity index (χ2n) is 8.95. The Morgan fingerprint density at radius 2 is 1.51 bits per heavy atom. The molecule has 0 spiro atoms. The highest BCUT2D eigenvalue weighted by atomic mass is 32.2. The van der Waals surface area contributed by atoms with Crippen LogP contribution in [0.1, 0.15) is 49.7 Å². The van der Waals surface area contributed by atoms with Crippen LogP contribution in [-0.2, 0) is 27.8 Å². The van der Waals surface area contributed by atoms with Crippen LogP contribution >= 0.6 is 0 Å². The van der Waals surface area contributed by atoms with Crippen LogP contribution in [0.2, 0.25) is 0 Å². The fraction of sp³-hybridized carbons (Fsp3) is 0.321. The average Bonchev–Trinajstić information content (AvgIpc) is 2.88. The highest BCUT2D eigenvalue weighted by Crippen LogP contribution is 2.21. The van der Waals surface area contributed by atoms with Gasteiger partial charge in [0.2, 0.25) is 15.9 Å². The molecule has 7 heteroatoms. The molecule has 0 unspecified atom stereocenters. The van der Waals surface area contributed by atoms with Crippen molar-refractivity contribution in [3.63, 3.8) is 0 Å². The van der Waals surface area contributed by atoms with E-state index in [4.69, 9.17) is 4.74 Å². The number of rotatable bonds is 10. The Labute approximate surface area is 207 Å². The zero-order valence-corrected chi connectivity index (χ0v) is 20.6. The summed E-state index contributed by atoms with van der Waals surface area (Å²) in [4.78, 5) is 12.7. The molecule has 0 aromatic heterocycles. The summed E-state index contributed by atoms with van der Waals surface area (Å²) in [5.41, 5.74) is 2.72. The molecule has 2 N–H and O–H groups in total. The second-order valence-corrected chi connectivity index (χ2v) is 10.7. The molecule has 3 aromatic carbocycles. The molecule has 0 radical (unpaired) electrons. The molecule has 1 aliphatic carbocycles. The van der Waals surface area contributed by atoms with E-state index in [-0.39, 0.29) is 16.8 Å². The summed E-state index contributed by atoms with van der Waals surface area (Å²) in [5.74, 6) is 0.637. The highest BCUT2D eigenvalue weighted by molar-refractivity contribution is 7.89. The molecular weight excluding hydrogens is 460 g/mol. The number of hydrogen-bond donors (Lipinski definition) is 2. The fourth-order valence-electron chi connectivity index (χ4n) is 4.20. The van der Waals surface area contributed by atoms with Crippen LogP contribution in [0.4, 0.5) is 5.69 Å². The summed E-state index contributed by atoms with van der Waals surface area (Å²) in [6.07, 6.45) is 5.95. The standard InChI is InChI=1S/C28H32N2O4S/c31-28(29-24-14-16-26(17-15-24)34-21-23-7-3-1-4-8-23)20-13-22-11-18-27(19-12-22)35(32,33)30-25-9-5-2-6-10-25/h1,3-4,7-8,11-12,14-19,25,30H,2,5-6,9-10,13,20-21H2,(H,29,31). The number of carbonyl (C=O) groups excluding carboxylic acids is 1. The van der Waals surface area contributed by atoms with Crippen LogP contribution < -0.4 is 14.8 Å². The molecule has 1 amide bonds. The number of sulfonamides is 1. The Morgan fingerprint density at radius 3 is 2.20 bits per heavy atom. The topological polar surface area (TPSA) is 84.5 Å². The molecular formula is C28H32N2O4S. The van der Waals surface area contributed by atoms with Gasteiger partial charge in [0.15, 0.2) is 0 Å². The number of carbonyl (C=O) groups is 1. The lowest BCUT2D eigenvalue weighted by Gasteiger charge is -2.22. The van der Waals surface area contributed by atoms with Crippen LogP contribution in [0.3, 0.4) is 0 Å². The van der Waals surface area contributed by atoms with Crippen LogP contribution in [0.5, 0.6) is 5.75 Å². The van der Waals surface area contributed by atoms with Crippen LogP contribution in [0.15, 0.2) is 83.8 Å². The second kappa shape index (κ2) is 12.0. The molecule has 184 valence electrons. The molecule has 35 heavy (non-hydrogen) atoms. The first-order valence-electron chi connectivity index (χ1n) is 12.2. The molecule has 0 aliphatic heterocycles. The maximum absolute atomic E-state index is 12.6. The smallest absolute Gasteiger partial charge is 0.240 e. The van der Waals surface area contributed by atoms with Gasteiger partial charge >= 0.3 is 0 Å². The number of amides is 1. The van der Waals surface area contributed by atoms with Crippen LogP contribution in [0, 0.1) is 0 Å². The van der Waals surface area contributed by atoms with E-state index in [1.54, 1.807) is 24.3 Å². The largest absolute Gasteiger partial charge is 0.489 e. The summed E-state index contributed by atoms with van der Waals surface area (Å²) in [6, 6.07) is 24.1. The van der Waals surface area contributed by atoms with Gasteiger partial charge in [0, 0.05) is 18.2 Å². The van der Waals surface area contributed by atoms with Gasteiger partial charge in [-0.25, -0.2) is 13.1 Å². The van der Waals surface area contributed by atoms with Crippen LogP contribution in [0.25, 0.3) is 0 Å². The van der Waals surface area contributed by atoms with E-state index in [1.165, 1.54) is 6.42 Å². The van der Waals surface area contributed by atoms with Crippen molar-refractivity contribution >= 4 is 21.6 Å². The molecule has 1 aliphatic rings. The van der Waals surface area contributed by atoms with Crippen molar-refractivity contribution in [2.45, 2.75) is 62.5 Å². The predicted octanol–water partition coefficient (Wildman–Crippen LogP) is 5.45. The van der Waals surface area contributed by atoms with Gasteiger partial charge in [-0.2, -0.15) is 0 Å². The number of anilines is 1. The minimum absolute atomic E-state index is 0.0293. The Bertz CT molecular complexity index is 1190. The van der Waals surface area contributed by atoms with Crippen molar-refractivity contribution in [1.29, 1.82) is 0 Å². The first kappa shape index (κ1) is 24.9. The van der Waals surface area contributed by atoms with Gasteiger partial charge in [-0.1, -0.05) is 61.7 Å². The zero-order valence-electron chi connectivity index (χ0n) is 19.8. The Hall–Kier alpha value is -3.16. The summed E-state index contributed by atoms with van der Waals surface area (Å²) >= 11 is 0. The maximum atomic E-state index is 12.6. The fourth-order valence-corrected chi connectivity index (χ4v) is 5.50. The molecule has 0 heterocycles. The quantitative estimate of drug-likeness (QED) is 0.394. The number of benzene rings is 3. The summed E-state index contributed by atoms with van der Waals surface area (Å²) in [5, 5.41) is 2.89. The first-order chi connectivity index (χ1) is 17.0. The van der Waals surface area contributed by atoms with Crippen molar-refractivity contribution in [3.05, 3.63) is 90.0 Å². The lowest BCUT2D eigenvalue weighted by molar-refractivity contribution is -0.116. The van der Waals surface area contributed by atoms with Gasteiger partial charge in [-0.3, -0.25) is 4.79 Å². The summed E-state index contributed by atoms with van der Waals surface area (Å²) in [7, 11) is -3.51. The number of aryl methyl sites for hydroxylation is 1. The minimum Gasteiger partial charge on any atom is -0.489 e. The van der Waals surface area contributed by atoms with E-state index in [0.29, 0.717) is 25.1 Å². The SMILES string of the molecule is O=C(CCc1ccc(S(=O)(=O)NC2CCCCC2)cc1)Nc1ccc(OCc2ccccc2)cc1. The van der Waals surface area contributed by atoms with Gasteiger partial charge in [0.25, 0.3) is 0 Å². The predicted molar refractivity (Wildman–Crippen MR) is 138 cm³/mol. The molecule has 6 nitrogen and oxygen atoms in total. The van der Waals surface area contributed by atoms with Crippen molar-refractivity contribution in [3.8, 4) is 5.75 Å². The maximum Gasteiger partial charge on any atom is 0.240 e. The van der Waals surface area contributed by atoms with E-state index in [2.05, 4.69) is 10.0 Å². The molecule has 1 fully saturated rings. The van der Waals surface area contributed by atoms with E-state index in [9.17, 15) is 13.2 Å². The number of nitrogens with one attached hydrogen (secondary N) is 2. The van der Waals surface area contributed by atoms with Gasteiger partial charge < -0.3 is 10.1 Å². The van der Waals surface area contributed by atoms with Gasteiger partial charge in [-0.15, -0.1) is 0 Å². The Kier molecular flexibility index (Phi) is 8.55. The van der Waals surface area contributed by atoms with Crippen molar-refractivity contribution in [2.75, 3.05) is 5.32 Å². The molecule has 0 bridgehead atoms. The summed E-state index contributed by atoms with van der Waals surface area (Å²) < 4.78 is 33.9. The molecule has 0 atom stereocenters. The van der Waals surface area contributed by atoms with Gasteiger partial charge in [0.05, 0.1) is 4.90 Å². The molecule has 3 aromatic rings. The van der Waals surface area contributed by atoms with Gasteiger partial charge in [0.1, 0.15) is 12.4 Å². The number of hydrogen-bond acceptors (Lipinski definition) is 4.